The van der Waals surface area contributed by atoms with E-state index in [1.54, 1.807) is 0 Å². The van der Waals surface area contributed by atoms with Crippen molar-refractivity contribution in [1.29, 1.82) is 0 Å². The Labute approximate surface area is 127 Å². The lowest BCUT2D eigenvalue weighted by Crippen LogP contribution is -2.22. The predicted octanol–water partition coefficient (Wildman–Crippen LogP) is -3.12. The maximum atomic E-state index is 10.2. The number of nitrogens with one attached hydrogen (secondary N) is 6. The lowest BCUT2D eigenvalue weighted by molar-refractivity contribution is -0.118. The van der Waals surface area contributed by atoms with E-state index in [0.29, 0.717) is 11.7 Å². The summed E-state index contributed by atoms with van der Waals surface area (Å²) >= 11 is 4.55. The van der Waals surface area contributed by atoms with Gasteiger partial charge >= 0.3 is 11.7 Å². The minimum atomic E-state index is -0.475. The molecule has 2 fully saturated rings. The summed E-state index contributed by atoms with van der Waals surface area (Å²) in [5.41, 5.74) is -0.855. The first-order valence-electron chi connectivity index (χ1n) is 5.80. The summed E-state index contributed by atoms with van der Waals surface area (Å²) < 4.78 is 0. The van der Waals surface area contributed by atoms with Crippen LogP contribution < -0.4 is 32.5 Å². The monoisotopic (exact) mass is 328 g/mol. The third-order valence-electron chi connectivity index (χ3n) is 2.01. The normalized spacial score (nSPS) is 15.3. The molecule has 118 valence electrons. The van der Waals surface area contributed by atoms with Gasteiger partial charge in [0.25, 0.3) is 5.56 Å². The Hall–Kier alpha value is -3.02. The fourth-order valence-corrected chi connectivity index (χ4v) is 1.32. The fraction of sp³-hybridized carbons (Fsp3) is 0.200. The van der Waals surface area contributed by atoms with Gasteiger partial charge in [-0.25, -0.2) is 9.59 Å². The number of hydrogen-bond donors (Lipinski definition) is 6. The van der Waals surface area contributed by atoms with Crippen LogP contribution in [-0.4, -0.2) is 46.0 Å². The molecule has 0 unspecified atom stereocenters. The van der Waals surface area contributed by atoms with Crippen molar-refractivity contribution in [1.82, 2.24) is 31.2 Å². The number of carbonyl (C=O) groups excluding carboxylic acids is 3. The molecule has 4 amide bonds. The van der Waals surface area contributed by atoms with Crippen LogP contribution in [-0.2, 0) is 9.59 Å². The van der Waals surface area contributed by atoms with Crippen LogP contribution in [0.5, 0.6) is 0 Å². The van der Waals surface area contributed by atoms with E-state index in [2.05, 4.69) is 33.2 Å². The number of hydrogen-bond acceptors (Lipinski definition) is 6. The molecule has 0 aromatic carbocycles. The molecular formula is C10H12N6O5S. The number of carbonyl (C=O) groups is 3. The van der Waals surface area contributed by atoms with Crippen molar-refractivity contribution >= 4 is 35.2 Å². The van der Waals surface area contributed by atoms with Crippen LogP contribution in [0.4, 0.5) is 4.79 Å². The first kappa shape index (κ1) is 17.0. The summed E-state index contributed by atoms with van der Waals surface area (Å²) in [4.78, 5) is 54.9. The minimum Gasteiger partial charge on any atom is -0.353 e. The van der Waals surface area contributed by atoms with Gasteiger partial charge in [0.1, 0.15) is 0 Å². The van der Waals surface area contributed by atoms with Crippen LogP contribution in [0.15, 0.2) is 21.9 Å². The zero-order valence-electron chi connectivity index (χ0n) is 11.0. The smallest absolute Gasteiger partial charge is 0.325 e. The van der Waals surface area contributed by atoms with Gasteiger partial charge in [-0.3, -0.25) is 24.7 Å². The molecule has 0 bridgehead atoms. The Morgan fingerprint density at radius 1 is 0.909 bits per heavy atom. The van der Waals surface area contributed by atoms with Gasteiger partial charge in [0, 0.05) is 12.3 Å². The van der Waals surface area contributed by atoms with E-state index in [9.17, 15) is 24.0 Å². The summed E-state index contributed by atoms with van der Waals surface area (Å²) in [5.74, 6) is -0.310. The highest BCUT2D eigenvalue weighted by Gasteiger charge is 2.14. The van der Waals surface area contributed by atoms with Gasteiger partial charge in [-0.15, -0.1) is 0 Å². The van der Waals surface area contributed by atoms with Crippen LogP contribution in [0.2, 0.25) is 0 Å². The first-order chi connectivity index (χ1) is 10.4. The molecule has 2 aliphatic heterocycles. The Morgan fingerprint density at radius 2 is 1.55 bits per heavy atom. The fourth-order valence-electron chi connectivity index (χ4n) is 1.13. The average Bonchev–Trinajstić information content (AvgIpc) is 2.99. The van der Waals surface area contributed by atoms with E-state index < -0.39 is 11.7 Å². The van der Waals surface area contributed by atoms with E-state index in [0.717, 1.165) is 0 Å². The SMILES string of the molecule is O=C1CNC(=O)N1.O=C1CNC(=S)N1.O=c1cc[nH]c(=O)[nH]1. The molecule has 12 heteroatoms. The third-order valence-corrected chi connectivity index (χ3v) is 2.26. The maximum absolute atomic E-state index is 10.2. The Bertz CT molecular complexity index is 612. The van der Waals surface area contributed by atoms with Gasteiger partial charge in [-0.2, -0.15) is 0 Å². The lowest BCUT2D eigenvalue weighted by Gasteiger charge is -1.83. The number of imide groups is 1. The molecule has 11 nitrogen and oxygen atoms in total. The van der Waals surface area contributed by atoms with Crippen molar-refractivity contribution in [2.75, 3.05) is 13.1 Å². The number of thiocarbonyl (C=S) groups is 1. The molecule has 3 heterocycles. The summed E-state index contributed by atoms with van der Waals surface area (Å²) in [6.45, 7) is 0.456. The molecule has 6 N–H and O–H groups in total. The summed E-state index contributed by atoms with van der Waals surface area (Å²) in [5, 5.41) is 9.77. The largest absolute Gasteiger partial charge is 0.353 e. The number of urea groups is 1. The van der Waals surface area contributed by atoms with Gasteiger partial charge < -0.3 is 20.9 Å². The molecule has 1 aromatic rings. The number of aromatic nitrogens is 2. The van der Waals surface area contributed by atoms with Gasteiger partial charge in [0.15, 0.2) is 5.11 Å². The number of amides is 4. The molecule has 0 aliphatic carbocycles. The van der Waals surface area contributed by atoms with Gasteiger partial charge in [0.2, 0.25) is 11.8 Å². The van der Waals surface area contributed by atoms with Gasteiger partial charge in [0.05, 0.1) is 13.1 Å². The van der Waals surface area contributed by atoms with Crippen LogP contribution in [0.3, 0.4) is 0 Å². The van der Waals surface area contributed by atoms with Gasteiger partial charge in [-0.05, 0) is 12.2 Å². The maximum Gasteiger partial charge on any atom is 0.325 e. The zero-order valence-corrected chi connectivity index (χ0v) is 11.8. The molecule has 22 heavy (non-hydrogen) atoms. The van der Waals surface area contributed by atoms with Crippen LogP contribution >= 0.6 is 12.2 Å². The highest BCUT2D eigenvalue weighted by molar-refractivity contribution is 7.80. The second kappa shape index (κ2) is 8.31. The van der Waals surface area contributed by atoms with E-state index in [1.165, 1.54) is 12.3 Å². The number of aromatic amines is 2. The first-order valence-corrected chi connectivity index (χ1v) is 6.21. The lowest BCUT2D eigenvalue weighted by atomic mass is 10.7. The number of H-pyrrole nitrogens is 2. The van der Waals surface area contributed by atoms with Gasteiger partial charge in [-0.1, -0.05) is 0 Å². The van der Waals surface area contributed by atoms with Crippen molar-refractivity contribution in [3.63, 3.8) is 0 Å². The molecule has 3 rings (SSSR count). The van der Waals surface area contributed by atoms with E-state index in [4.69, 9.17) is 0 Å². The van der Waals surface area contributed by atoms with Crippen molar-refractivity contribution in [3.8, 4) is 0 Å². The molecule has 0 saturated carbocycles. The minimum absolute atomic E-state index is 0.0509. The average molecular weight is 328 g/mol. The molecule has 1 aromatic heterocycles. The molecule has 0 atom stereocenters. The highest BCUT2D eigenvalue weighted by atomic mass is 32.1. The van der Waals surface area contributed by atoms with E-state index in [-0.39, 0.29) is 23.9 Å². The summed E-state index contributed by atoms with van der Waals surface area (Å²) in [6.07, 6.45) is 1.29. The topological polar surface area (TPSA) is 165 Å². The molecule has 2 saturated heterocycles. The summed E-state index contributed by atoms with van der Waals surface area (Å²) in [6, 6.07) is 0.839. The van der Waals surface area contributed by atoms with Crippen LogP contribution in [0, 0.1) is 0 Å². The second-order valence-electron chi connectivity index (χ2n) is 3.76. The molecule has 0 radical (unpaired) electrons. The van der Waals surface area contributed by atoms with Crippen molar-refractivity contribution < 1.29 is 14.4 Å². The molecule has 0 spiro atoms. The second-order valence-corrected chi connectivity index (χ2v) is 4.17. The Kier molecular flexibility index (Phi) is 6.43. The number of rotatable bonds is 0. The quantitative estimate of drug-likeness (QED) is 0.216. The van der Waals surface area contributed by atoms with Crippen molar-refractivity contribution in [3.05, 3.63) is 33.1 Å². The van der Waals surface area contributed by atoms with Crippen molar-refractivity contribution in [2.24, 2.45) is 0 Å². The van der Waals surface area contributed by atoms with E-state index in [1.807, 2.05) is 10.3 Å². The molecule has 2 aliphatic rings. The molecular weight excluding hydrogens is 316 g/mol. The Morgan fingerprint density at radius 3 is 1.77 bits per heavy atom. The predicted molar refractivity (Wildman–Crippen MR) is 78.0 cm³/mol. The summed E-state index contributed by atoms with van der Waals surface area (Å²) in [7, 11) is 0. The van der Waals surface area contributed by atoms with Crippen LogP contribution in [0.25, 0.3) is 0 Å². The Balaban J connectivity index is 0.000000166. The highest BCUT2D eigenvalue weighted by Crippen LogP contribution is 1.75. The van der Waals surface area contributed by atoms with Crippen molar-refractivity contribution in [2.45, 2.75) is 0 Å². The third kappa shape index (κ3) is 6.95. The van der Waals surface area contributed by atoms with Crippen LogP contribution in [0.1, 0.15) is 0 Å². The standard InChI is InChI=1S/C4H4N2O2.C3H4N2O2.C3H4N2OS/c7-3-1-2-5-4(8)6-3;2*6-2-1-4-3(7)5-2/h1-2H,(H2,5,6,7,8);2*1H2,(H2,4,5,6,7). The van der Waals surface area contributed by atoms with E-state index >= 15 is 0 Å². The zero-order chi connectivity index (χ0) is 16.5.